The minimum Gasteiger partial charge on any atom is -0.410 e. The van der Waals surface area contributed by atoms with E-state index in [0.717, 1.165) is 0 Å². The third kappa shape index (κ3) is 2.42. The molecule has 16 heavy (non-hydrogen) atoms. The monoisotopic (exact) mass is 270 g/mol. The first kappa shape index (κ1) is 13.6. The number of rotatable bonds is 4. The van der Waals surface area contributed by atoms with Gasteiger partial charge in [-0.3, -0.25) is 0 Å². The van der Waals surface area contributed by atoms with Crippen LogP contribution < -0.4 is 0 Å². The van der Waals surface area contributed by atoms with Gasteiger partial charge in [0.1, 0.15) is 0 Å². The molecule has 6 heteroatoms. The Labute approximate surface area is 100 Å². The third-order valence-corrected chi connectivity index (χ3v) is 14.1. The molecule has 0 radical (unpaired) electrons. The van der Waals surface area contributed by atoms with Gasteiger partial charge in [-0.15, -0.1) is 26.3 Å². The molecule has 0 saturated carbocycles. The summed E-state index contributed by atoms with van der Waals surface area (Å²) in [6.45, 7) is 19.1. The minimum atomic E-state index is -2.56. The van der Waals surface area contributed by atoms with Crippen molar-refractivity contribution < 1.29 is 12.3 Å². The Morgan fingerprint density at radius 2 is 1.06 bits per heavy atom. The molecule has 0 aromatic rings. The molecule has 2 unspecified atom stereocenters. The molecular weight excluding hydrogens is 252 g/mol. The van der Waals surface area contributed by atoms with Crippen molar-refractivity contribution in [2.75, 3.05) is 0 Å². The van der Waals surface area contributed by atoms with Gasteiger partial charge in [0.05, 0.1) is 0 Å². The summed E-state index contributed by atoms with van der Waals surface area (Å²) in [7, 11) is -7.35. The number of hydrogen-bond donors (Lipinski definition) is 0. The predicted octanol–water partition coefficient (Wildman–Crippen LogP) is 2.54. The average molecular weight is 271 g/mol. The fraction of sp³-hybridized carbons (Fsp3) is 0.200. The van der Waals surface area contributed by atoms with Crippen molar-refractivity contribution in [2.24, 2.45) is 0 Å². The quantitative estimate of drug-likeness (QED) is 0.735. The highest BCUT2D eigenvalue weighted by Gasteiger charge is 2.54. The molecule has 1 aliphatic heterocycles. The number of hydrogen-bond acceptors (Lipinski definition) is 3. The maximum Gasteiger partial charge on any atom is 0.373 e. The van der Waals surface area contributed by atoms with Gasteiger partial charge >= 0.3 is 25.7 Å². The molecule has 1 rings (SSSR count). The van der Waals surface area contributed by atoms with E-state index >= 15 is 0 Å². The van der Waals surface area contributed by atoms with Crippen LogP contribution in [0, 0.1) is 0 Å². The fourth-order valence-electron chi connectivity index (χ4n) is 1.52. The summed E-state index contributed by atoms with van der Waals surface area (Å²) >= 11 is 0. The van der Waals surface area contributed by atoms with E-state index in [1.165, 1.54) is 0 Å². The lowest BCUT2D eigenvalue weighted by molar-refractivity contribution is 0.254. The van der Waals surface area contributed by atoms with Crippen LogP contribution in [0.2, 0.25) is 13.1 Å². The lowest BCUT2D eigenvalue weighted by Gasteiger charge is -2.46. The lowest BCUT2D eigenvalue weighted by atomic mass is 11.2. The van der Waals surface area contributed by atoms with Crippen LogP contribution in [0.3, 0.4) is 0 Å². The second-order valence-corrected chi connectivity index (χ2v) is 13.5. The van der Waals surface area contributed by atoms with Crippen molar-refractivity contribution in [1.29, 1.82) is 0 Å². The van der Waals surface area contributed by atoms with Crippen molar-refractivity contribution in [1.82, 2.24) is 0 Å². The van der Waals surface area contributed by atoms with Crippen LogP contribution >= 0.6 is 0 Å². The zero-order valence-electron chi connectivity index (χ0n) is 9.86. The first-order valence-electron chi connectivity index (χ1n) is 5.01. The molecule has 3 nitrogen and oxygen atoms in total. The van der Waals surface area contributed by atoms with E-state index in [9.17, 15) is 0 Å². The van der Waals surface area contributed by atoms with E-state index < -0.39 is 25.7 Å². The van der Waals surface area contributed by atoms with Crippen LogP contribution in [0.15, 0.2) is 49.1 Å². The van der Waals surface area contributed by atoms with E-state index in [2.05, 4.69) is 26.3 Å². The molecule has 0 amide bonds. The summed E-state index contributed by atoms with van der Waals surface area (Å²) in [5.41, 5.74) is 6.98. The second-order valence-electron chi connectivity index (χ2n) is 3.88. The summed E-state index contributed by atoms with van der Waals surface area (Å²) in [6, 6.07) is 0. The van der Waals surface area contributed by atoms with Gasteiger partial charge < -0.3 is 12.3 Å². The lowest BCUT2D eigenvalue weighted by Crippen LogP contribution is -2.66. The van der Waals surface area contributed by atoms with Crippen molar-refractivity contribution in [3.8, 4) is 0 Å². The van der Waals surface area contributed by atoms with Crippen molar-refractivity contribution in [3.05, 3.63) is 49.1 Å². The molecule has 88 valence electrons. The van der Waals surface area contributed by atoms with Crippen molar-refractivity contribution in [2.45, 2.75) is 13.1 Å². The summed E-state index contributed by atoms with van der Waals surface area (Å²) in [5.74, 6) is 0. The SMILES string of the molecule is C=C[Si]1(C)O[Si](C)(C=C)O[Si](C=C)(C=C)O1. The third-order valence-electron chi connectivity index (χ3n) is 2.44. The van der Waals surface area contributed by atoms with E-state index in [0.29, 0.717) is 0 Å². The molecule has 0 spiro atoms. The first-order chi connectivity index (χ1) is 7.36. The summed E-state index contributed by atoms with van der Waals surface area (Å²) in [5, 5.41) is 0. The average Bonchev–Trinajstić information content (AvgIpc) is 2.28. The second kappa shape index (κ2) is 4.40. The Morgan fingerprint density at radius 1 is 0.688 bits per heavy atom. The molecule has 0 bridgehead atoms. The molecule has 0 aliphatic carbocycles. The Hall–Kier alpha value is -0.509. The van der Waals surface area contributed by atoms with E-state index in [4.69, 9.17) is 12.3 Å². The Balaban J connectivity index is 3.18. The minimum absolute atomic E-state index is 1.73. The van der Waals surface area contributed by atoms with Gasteiger partial charge in [-0.25, -0.2) is 0 Å². The van der Waals surface area contributed by atoms with Crippen LogP contribution in [-0.2, 0) is 12.3 Å². The molecular formula is C10H18O3Si3. The Kier molecular flexibility index (Phi) is 3.73. The molecule has 1 saturated heterocycles. The fourth-order valence-corrected chi connectivity index (χ4v) is 14.3. The van der Waals surface area contributed by atoms with Gasteiger partial charge in [0, 0.05) is 0 Å². The van der Waals surface area contributed by atoms with E-state index in [1.54, 1.807) is 22.8 Å². The van der Waals surface area contributed by atoms with Crippen LogP contribution in [0.1, 0.15) is 0 Å². The Bertz CT molecular complexity index is 312. The van der Waals surface area contributed by atoms with Gasteiger partial charge in [-0.1, -0.05) is 11.4 Å². The molecule has 1 heterocycles. The van der Waals surface area contributed by atoms with Gasteiger partial charge in [0.25, 0.3) is 0 Å². The zero-order valence-corrected chi connectivity index (χ0v) is 12.9. The van der Waals surface area contributed by atoms with Crippen LogP contribution in [0.25, 0.3) is 0 Å². The smallest absolute Gasteiger partial charge is 0.373 e. The van der Waals surface area contributed by atoms with Gasteiger partial charge in [-0.2, -0.15) is 0 Å². The summed E-state index contributed by atoms with van der Waals surface area (Å²) in [4.78, 5) is 0. The molecule has 1 aliphatic rings. The maximum atomic E-state index is 5.97. The molecule has 0 aromatic heterocycles. The zero-order chi connectivity index (χ0) is 12.4. The Morgan fingerprint density at radius 3 is 1.31 bits per heavy atom. The van der Waals surface area contributed by atoms with Crippen LogP contribution in [-0.4, -0.2) is 25.7 Å². The van der Waals surface area contributed by atoms with Crippen molar-refractivity contribution >= 4 is 25.7 Å². The van der Waals surface area contributed by atoms with Gasteiger partial charge in [0.2, 0.25) is 0 Å². The normalized spacial score (nSPS) is 37.4. The van der Waals surface area contributed by atoms with Gasteiger partial charge in [-0.05, 0) is 24.5 Å². The van der Waals surface area contributed by atoms with Crippen molar-refractivity contribution in [3.63, 3.8) is 0 Å². The topological polar surface area (TPSA) is 27.7 Å². The highest BCUT2D eigenvalue weighted by molar-refractivity contribution is 7.00. The highest BCUT2D eigenvalue weighted by atomic mass is 28.5. The van der Waals surface area contributed by atoms with E-state index in [1.807, 2.05) is 13.1 Å². The maximum absolute atomic E-state index is 5.97. The summed E-state index contributed by atoms with van der Waals surface area (Å²) in [6.07, 6.45) is 0. The first-order valence-corrected chi connectivity index (χ1v) is 11.8. The molecule has 0 N–H and O–H groups in total. The van der Waals surface area contributed by atoms with Gasteiger partial charge in [0.15, 0.2) is 0 Å². The van der Waals surface area contributed by atoms with Crippen LogP contribution in [0.5, 0.6) is 0 Å². The van der Waals surface area contributed by atoms with Crippen LogP contribution in [0.4, 0.5) is 0 Å². The van der Waals surface area contributed by atoms with E-state index in [-0.39, 0.29) is 0 Å². The standard InChI is InChI=1S/C10H18O3Si3/c1-7-14(5)11-15(6,8-2)13-16(9-3,10-4)12-14/h7-10H,1-4H2,5-6H3. The summed E-state index contributed by atoms with van der Waals surface area (Å²) < 4.78 is 17.9. The largest absolute Gasteiger partial charge is 0.410 e. The molecule has 1 fully saturated rings. The molecule has 2 atom stereocenters. The highest BCUT2D eigenvalue weighted by Crippen LogP contribution is 2.32. The predicted molar refractivity (Wildman–Crippen MR) is 73.0 cm³/mol. The molecule has 0 aromatic carbocycles.